The van der Waals surface area contributed by atoms with E-state index in [0.717, 1.165) is 6.42 Å². The van der Waals surface area contributed by atoms with Crippen molar-refractivity contribution in [3.63, 3.8) is 0 Å². The van der Waals surface area contributed by atoms with Crippen LogP contribution >= 0.6 is 0 Å². The van der Waals surface area contributed by atoms with Crippen molar-refractivity contribution in [2.45, 2.75) is 19.4 Å². The number of hydrogen-bond donors (Lipinski definition) is 1. The first-order valence-corrected chi connectivity index (χ1v) is 4.62. The molecule has 0 saturated carbocycles. The minimum absolute atomic E-state index is 0.401. The zero-order valence-corrected chi connectivity index (χ0v) is 8.38. The van der Waals surface area contributed by atoms with E-state index in [1.807, 2.05) is 13.1 Å². The van der Waals surface area contributed by atoms with Gasteiger partial charge in [-0.3, -0.25) is 0 Å². The molecule has 1 heteroatoms. The Morgan fingerprint density at radius 2 is 2.00 bits per heavy atom. The highest BCUT2D eigenvalue weighted by atomic mass is 14.9. The first kappa shape index (κ1) is 10.0. The van der Waals surface area contributed by atoms with Crippen molar-refractivity contribution in [1.29, 1.82) is 0 Å². The average molecular weight is 175 g/mol. The van der Waals surface area contributed by atoms with Gasteiger partial charge in [0.1, 0.15) is 0 Å². The van der Waals surface area contributed by atoms with Crippen LogP contribution in [0.2, 0.25) is 0 Å². The molecule has 0 amide bonds. The monoisotopic (exact) mass is 175 g/mol. The molecule has 0 spiro atoms. The lowest BCUT2D eigenvalue weighted by Gasteiger charge is -2.14. The van der Waals surface area contributed by atoms with E-state index in [1.165, 1.54) is 11.1 Å². The minimum Gasteiger partial charge on any atom is -0.313 e. The van der Waals surface area contributed by atoms with Gasteiger partial charge in [0.15, 0.2) is 0 Å². The Morgan fingerprint density at radius 1 is 1.38 bits per heavy atom. The fourth-order valence-corrected chi connectivity index (χ4v) is 1.39. The first-order chi connectivity index (χ1) is 6.27. The van der Waals surface area contributed by atoms with Crippen LogP contribution in [0.15, 0.2) is 36.9 Å². The lowest BCUT2D eigenvalue weighted by atomic mass is 10.0. The highest BCUT2D eigenvalue weighted by Crippen LogP contribution is 2.16. The molecule has 1 N–H and O–H groups in total. The third-order valence-corrected chi connectivity index (χ3v) is 2.23. The van der Waals surface area contributed by atoms with Crippen LogP contribution in [0.5, 0.6) is 0 Å². The fraction of sp³-hybridized carbons (Fsp3) is 0.333. The number of rotatable bonds is 4. The van der Waals surface area contributed by atoms with Gasteiger partial charge in [0.2, 0.25) is 0 Å². The summed E-state index contributed by atoms with van der Waals surface area (Å²) in [6.07, 6.45) is 2.92. The standard InChI is InChI=1S/C12H17N/c1-4-5-12(13-3)11-8-6-10(2)7-9-11/h4,6-9,12-13H,1,5H2,2-3H3. The summed E-state index contributed by atoms with van der Waals surface area (Å²) in [6.45, 7) is 5.85. The molecule has 1 rings (SSSR count). The first-order valence-electron chi connectivity index (χ1n) is 4.62. The predicted octanol–water partition coefficient (Wildman–Crippen LogP) is 2.83. The zero-order chi connectivity index (χ0) is 9.68. The van der Waals surface area contributed by atoms with Gasteiger partial charge in [-0.25, -0.2) is 0 Å². The summed E-state index contributed by atoms with van der Waals surface area (Å²) in [6, 6.07) is 9.02. The fourth-order valence-electron chi connectivity index (χ4n) is 1.39. The van der Waals surface area contributed by atoms with Gasteiger partial charge in [-0.15, -0.1) is 6.58 Å². The molecule has 13 heavy (non-hydrogen) atoms. The Kier molecular flexibility index (Phi) is 3.71. The van der Waals surface area contributed by atoms with E-state index in [0.29, 0.717) is 6.04 Å². The molecule has 0 aliphatic carbocycles. The van der Waals surface area contributed by atoms with Crippen molar-refractivity contribution in [2.75, 3.05) is 7.05 Å². The molecule has 1 aromatic rings. The van der Waals surface area contributed by atoms with E-state index in [2.05, 4.69) is 43.1 Å². The molecule has 0 aromatic heterocycles. The van der Waals surface area contributed by atoms with Crippen molar-refractivity contribution < 1.29 is 0 Å². The Labute approximate surface area is 80.5 Å². The van der Waals surface area contributed by atoms with E-state index in [9.17, 15) is 0 Å². The molecule has 0 aliphatic rings. The molecule has 70 valence electrons. The second-order valence-electron chi connectivity index (χ2n) is 3.28. The number of aryl methyl sites for hydroxylation is 1. The van der Waals surface area contributed by atoms with Gasteiger partial charge in [0, 0.05) is 6.04 Å². The van der Waals surface area contributed by atoms with Gasteiger partial charge in [-0.2, -0.15) is 0 Å². The van der Waals surface area contributed by atoms with E-state index in [-0.39, 0.29) is 0 Å². The lowest BCUT2D eigenvalue weighted by molar-refractivity contribution is 0.603. The summed E-state index contributed by atoms with van der Waals surface area (Å²) < 4.78 is 0. The van der Waals surface area contributed by atoms with Gasteiger partial charge in [0.25, 0.3) is 0 Å². The van der Waals surface area contributed by atoms with Crippen molar-refractivity contribution in [3.05, 3.63) is 48.0 Å². The number of benzene rings is 1. The molecule has 0 fully saturated rings. The topological polar surface area (TPSA) is 12.0 Å². The maximum absolute atomic E-state index is 3.75. The van der Waals surface area contributed by atoms with E-state index in [4.69, 9.17) is 0 Å². The largest absolute Gasteiger partial charge is 0.313 e. The summed E-state index contributed by atoms with van der Waals surface area (Å²) >= 11 is 0. The molecule has 0 saturated heterocycles. The maximum atomic E-state index is 3.75. The van der Waals surface area contributed by atoms with Crippen LogP contribution in [0.25, 0.3) is 0 Å². The molecular weight excluding hydrogens is 158 g/mol. The van der Waals surface area contributed by atoms with Crippen LogP contribution in [-0.4, -0.2) is 7.05 Å². The van der Waals surface area contributed by atoms with E-state index < -0.39 is 0 Å². The van der Waals surface area contributed by atoms with Crippen LogP contribution in [0.4, 0.5) is 0 Å². The molecule has 1 unspecified atom stereocenters. The molecule has 1 atom stereocenters. The van der Waals surface area contributed by atoms with Crippen LogP contribution < -0.4 is 5.32 Å². The van der Waals surface area contributed by atoms with E-state index in [1.54, 1.807) is 0 Å². The third kappa shape index (κ3) is 2.71. The van der Waals surface area contributed by atoms with Crippen LogP contribution in [0, 0.1) is 6.92 Å². The second kappa shape index (κ2) is 4.83. The average Bonchev–Trinajstić information content (AvgIpc) is 2.16. The smallest absolute Gasteiger partial charge is 0.0352 e. The highest BCUT2D eigenvalue weighted by Gasteiger charge is 2.05. The van der Waals surface area contributed by atoms with Crippen molar-refractivity contribution in [3.8, 4) is 0 Å². The van der Waals surface area contributed by atoms with Gasteiger partial charge in [-0.1, -0.05) is 35.9 Å². The summed E-state index contributed by atoms with van der Waals surface area (Å²) in [5, 5.41) is 3.27. The molecule has 1 nitrogen and oxygen atoms in total. The van der Waals surface area contributed by atoms with Gasteiger partial charge >= 0.3 is 0 Å². The zero-order valence-electron chi connectivity index (χ0n) is 8.38. The van der Waals surface area contributed by atoms with Crippen molar-refractivity contribution in [1.82, 2.24) is 5.32 Å². The minimum atomic E-state index is 0.401. The van der Waals surface area contributed by atoms with Crippen LogP contribution in [0.1, 0.15) is 23.6 Å². The Bertz CT molecular complexity index is 261. The summed E-state index contributed by atoms with van der Waals surface area (Å²) in [4.78, 5) is 0. The molecular formula is C12H17N. The number of nitrogens with one attached hydrogen (secondary N) is 1. The van der Waals surface area contributed by atoms with Crippen molar-refractivity contribution in [2.24, 2.45) is 0 Å². The summed E-state index contributed by atoms with van der Waals surface area (Å²) in [5.41, 5.74) is 2.63. The number of hydrogen-bond acceptors (Lipinski definition) is 1. The predicted molar refractivity (Wildman–Crippen MR) is 57.8 cm³/mol. The Hall–Kier alpha value is -1.08. The lowest BCUT2D eigenvalue weighted by Crippen LogP contribution is -2.15. The van der Waals surface area contributed by atoms with Crippen LogP contribution in [-0.2, 0) is 0 Å². The molecule has 0 aliphatic heterocycles. The molecule has 0 radical (unpaired) electrons. The van der Waals surface area contributed by atoms with Crippen LogP contribution in [0.3, 0.4) is 0 Å². The van der Waals surface area contributed by atoms with Gasteiger partial charge in [-0.05, 0) is 26.0 Å². The van der Waals surface area contributed by atoms with Crippen molar-refractivity contribution >= 4 is 0 Å². The molecule has 1 aromatic carbocycles. The SMILES string of the molecule is C=CCC(NC)c1ccc(C)cc1. The summed E-state index contributed by atoms with van der Waals surface area (Å²) in [5.74, 6) is 0. The normalized spacial score (nSPS) is 12.5. The Balaban J connectivity index is 2.78. The third-order valence-electron chi connectivity index (χ3n) is 2.23. The van der Waals surface area contributed by atoms with Gasteiger partial charge < -0.3 is 5.32 Å². The highest BCUT2D eigenvalue weighted by molar-refractivity contribution is 5.24. The maximum Gasteiger partial charge on any atom is 0.0352 e. The van der Waals surface area contributed by atoms with E-state index >= 15 is 0 Å². The quantitative estimate of drug-likeness (QED) is 0.694. The Morgan fingerprint density at radius 3 is 2.46 bits per heavy atom. The molecule has 0 bridgehead atoms. The second-order valence-corrected chi connectivity index (χ2v) is 3.28. The van der Waals surface area contributed by atoms with Gasteiger partial charge in [0.05, 0.1) is 0 Å². The molecule has 0 heterocycles. The summed E-state index contributed by atoms with van der Waals surface area (Å²) in [7, 11) is 1.98.